The summed E-state index contributed by atoms with van der Waals surface area (Å²) >= 11 is 0. The van der Waals surface area contributed by atoms with Crippen molar-refractivity contribution in [2.75, 3.05) is 32.0 Å². The number of primary sulfonamides is 1. The molecule has 2 aliphatic rings. The second-order valence-electron chi connectivity index (χ2n) is 4.77. The Kier molecular flexibility index (Phi) is 2.79. The van der Waals surface area contributed by atoms with Crippen LogP contribution in [0.5, 0.6) is 0 Å². The fourth-order valence-corrected chi connectivity index (χ4v) is 3.34. The van der Waals surface area contributed by atoms with Gasteiger partial charge in [-0.3, -0.25) is 0 Å². The molecule has 15 heavy (non-hydrogen) atoms. The van der Waals surface area contributed by atoms with Crippen LogP contribution in [0.3, 0.4) is 0 Å². The fourth-order valence-electron chi connectivity index (χ4n) is 2.61. The lowest BCUT2D eigenvalue weighted by atomic mass is 9.78. The van der Waals surface area contributed by atoms with Crippen molar-refractivity contribution >= 4 is 10.0 Å². The molecule has 2 rings (SSSR count). The smallest absolute Gasteiger partial charge is 0.211 e. The molecule has 0 saturated carbocycles. The Hall–Kier alpha value is -0.170. The molecule has 2 N–H and O–H groups in total. The summed E-state index contributed by atoms with van der Waals surface area (Å²) in [6, 6.07) is 0. The summed E-state index contributed by atoms with van der Waals surface area (Å²) in [6.45, 7) is 5.94. The lowest BCUT2D eigenvalue weighted by Crippen LogP contribution is -2.56. The highest BCUT2D eigenvalue weighted by Gasteiger charge is 2.48. The number of hydrogen-bond acceptors (Lipinski definition) is 4. The van der Waals surface area contributed by atoms with E-state index in [1.165, 1.54) is 0 Å². The Labute approximate surface area is 90.6 Å². The van der Waals surface area contributed by atoms with Crippen LogP contribution in [0, 0.1) is 5.41 Å². The molecule has 6 heteroatoms. The van der Waals surface area contributed by atoms with Crippen LogP contribution >= 0.6 is 0 Å². The Morgan fingerprint density at radius 3 is 2.73 bits per heavy atom. The predicted octanol–water partition coefficient (Wildman–Crippen LogP) is -0.614. The van der Waals surface area contributed by atoms with E-state index in [9.17, 15) is 8.42 Å². The van der Waals surface area contributed by atoms with Gasteiger partial charge in [0.05, 0.1) is 18.5 Å². The summed E-state index contributed by atoms with van der Waals surface area (Å²) in [7, 11) is -3.40. The molecule has 0 aromatic rings. The molecule has 1 atom stereocenters. The summed E-state index contributed by atoms with van der Waals surface area (Å²) in [5, 5.41) is 5.00. The number of ether oxygens (including phenoxy) is 1. The number of likely N-dealkylation sites (tertiary alicyclic amines) is 1. The average molecular weight is 234 g/mol. The molecular formula is C9H18N2O3S. The van der Waals surface area contributed by atoms with Gasteiger partial charge in [-0.05, 0) is 13.0 Å². The third-order valence-electron chi connectivity index (χ3n) is 3.27. The van der Waals surface area contributed by atoms with E-state index in [-0.39, 0.29) is 17.3 Å². The van der Waals surface area contributed by atoms with E-state index in [2.05, 4.69) is 11.8 Å². The van der Waals surface area contributed by atoms with Crippen molar-refractivity contribution in [1.29, 1.82) is 0 Å². The van der Waals surface area contributed by atoms with Crippen molar-refractivity contribution in [2.24, 2.45) is 10.6 Å². The van der Waals surface area contributed by atoms with Crippen LogP contribution in [0.2, 0.25) is 0 Å². The number of hydrogen-bond donors (Lipinski definition) is 1. The summed E-state index contributed by atoms with van der Waals surface area (Å²) < 4.78 is 27.3. The molecule has 0 bridgehead atoms. The van der Waals surface area contributed by atoms with Gasteiger partial charge in [0, 0.05) is 18.5 Å². The van der Waals surface area contributed by atoms with Gasteiger partial charge in [-0.2, -0.15) is 0 Å². The van der Waals surface area contributed by atoms with Gasteiger partial charge in [0.2, 0.25) is 10.0 Å². The molecular weight excluding hydrogens is 216 g/mol. The van der Waals surface area contributed by atoms with E-state index in [1.807, 2.05) is 0 Å². The van der Waals surface area contributed by atoms with Crippen molar-refractivity contribution in [3.63, 3.8) is 0 Å². The summed E-state index contributed by atoms with van der Waals surface area (Å²) in [5.41, 5.74) is 0.214. The van der Waals surface area contributed by atoms with E-state index in [1.54, 1.807) is 0 Å². The minimum atomic E-state index is -3.40. The van der Waals surface area contributed by atoms with Crippen LogP contribution in [0.25, 0.3) is 0 Å². The first-order valence-corrected chi connectivity index (χ1v) is 6.98. The van der Waals surface area contributed by atoms with Crippen LogP contribution in [-0.2, 0) is 14.8 Å². The maximum absolute atomic E-state index is 10.9. The van der Waals surface area contributed by atoms with Gasteiger partial charge in [-0.25, -0.2) is 13.6 Å². The van der Waals surface area contributed by atoms with Gasteiger partial charge in [0.25, 0.3) is 0 Å². The average Bonchev–Trinajstić information content (AvgIpc) is 2.42. The summed E-state index contributed by atoms with van der Waals surface area (Å²) in [6.07, 6.45) is 0.638. The SMILES string of the molecule is CCN1CC2(CO[C@@H](CS(N)(=O)=O)C2)C1. The number of nitrogens with two attached hydrogens (primary N) is 1. The number of sulfonamides is 1. The second kappa shape index (κ2) is 3.69. The Balaban J connectivity index is 1.86. The molecule has 0 aliphatic carbocycles. The highest BCUT2D eigenvalue weighted by molar-refractivity contribution is 7.89. The molecule has 2 aliphatic heterocycles. The fraction of sp³-hybridized carbons (Fsp3) is 1.00. The molecule has 1 spiro atoms. The Morgan fingerprint density at radius 1 is 1.53 bits per heavy atom. The lowest BCUT2D eigenvalue weighted by Gasteiger charge is -2.47. The minimum Gasteiger partial charge on any atom is -0.376 e. The zero-order valence-corrected chi connectivity index (χ0v) is 9.79. The highest BCUT2D eigenvalue weighted by Crippen LogP contribution is 2.40. The molecule has 2 fully saturated rings. The van der Waals surface area contributed by atoms with Crippen molar-refractivity contribution in [3.05, 3.63) is 0 Å². The van der Waals surface area contributed by atoms with E-state index in [4.69, 9.17) is 9.88 Å². The van der Waals surface area contributed by atoms with Gasteiger partial charge in [-0.15, -0.1) is 0 Å². The van der Waals surface area contributed by atoms with Crippen LogP contribution in [0.15, 0.2) is 0 Å². The standard InChI is InChI=1S/C9H18N2O3S/c1-2-11-5-9(6-11)3-8(14-7-9)4-15(10,12)13/h8H,2-7H2,1H3,(H2,10,12,13)/t8-/m1/s1. The van der Waals surface area contributed by atoms with Gasteiger partial charge in [0.15, 0.2) is 0 Å². The predicted molar refractivity (Wildman–Crippen MR) is 56.9 cm³/mol. The molecule has 88 valence electrons. The molecule has 0 unspecified atom stereocenters. The zero-order chi connectivity index (χ0) is 11.1. The van der Waals surface area contributed by atoms with Crippen molar-refractivity contribution in [3.8, 4) is 0 Å². The Bertz CT molecular complexity index is 335. The van der Waals surface area contributed by atoms with Crippen LogP contribution in [-0.4, -0.2) is 51.4 Å². The molecule has 0 aromatic carbocycles. The first-order valence-electron chi connectivity index (χ1n) is 5.27. The number of nitrogens with zero attached hydrogens (tertiary/aromatic N) is 1. The van der Waals surface area contributed by atoms with Crippen molar-refractivity contribution in [2.45, 2.75) is 19.4 Å². The van der Waals surface area contributed by atoms with Crippen LogP contribution in [0.1, 0.15) is 13.3 Å². The lowest BCUT2D eigenvalue weighted by molar-refractivity contribution is -0.00444. The third kappa shape index (κ3) is 2.50. The maximum Gasteiger partial charge on any atom is 0.211 e. The van der Waals surface area contributed by atoms with Gasteiger partial charge < -0.3 is 9.64 Å². The molecule has 2 saturated heterocycles. The van der Waals surface area contributed by atoms with E-state index < -0.39 is 10.0 Å². The van der Waals surface area contributed by atoms with Gasteiger partial charge in [-0.1, -0.05) is 6.92 Å². The first-order chi connectivity index (χ1) is 6.92. The highest BCUT2D eigenvalue weighted by atomic mass is 32.2. The molecule has 0 amide bonds. The minimum absolute atomic E-state index is 0.0408. The monoisotopic (exact) mass is 234 g/mol. The summed E-state index contributed by atoms with van der Waals surface area (Å²) in [5.74, 6) is -0.0408. The molecule has 5 nitrogen and oxygen atoms in total. The van der Waals surface area contributed by atoms with Crippen LogP contribution < -0.4 is 5.14 Å². The molecule has 0 radical (unpaired) electrons. The largest absolute Gasteiger partial charge is 0.376 e. The van der Waals surface area contributed by atoms with Gasteiger partial charge in [0.1, 0.15) is 0 Å². The molecule has 0 aromatic heterocycles. The van der Waals surface area contributed by atoms with Crippen LogP contribution in [0.4, 0.5) is 0 Å². The normalized spacial score (nSPS) is 30.7. The summed E-state index contributed by atoms with van der Waals surface area (Å²) in [4.78, 5) is 2.34. The quantitative estimate of drug-likeness (QED) is 0.707. The molecule has 2 heterocycles. The zero-order valence-electron chi connectivity index (χ0n) is 8.98. The topological polar surface area (TPSA) is 72.6 Å². The first kappa shape index (κ1) is 11.3. The van der Waals surface area contributed by atoms with Gasteiger partial charge >= 0.3 is 0 Å². The Morgan fingerprint density at radius 2 is 2.20 bits per heavy atom. The van der Waals surface area contributed by atoms with Crippen molar-refractivity contribution < 1.29 is 13.2 Å². The van der Waals surface area contributed by atoms with E-state index in [0.717, 1.165) is 26.1 Å². The van der Waals surface area contributed by atoms with E-state index >= 15 is 0 Å². The van der Waals surface area contributed by atoms with Crippen molar-refractivity contribution in [1.82, 2.24) is 4.90 Å². The maximum atomic E-state index is 10.9. The number of rotatable bonds is 3. The second-order valence-corrected chi connectivity index (χ2v) is 6.43. The third-order valence-corrected chi connectivity index (χ3v) is 4.11. The van der Waals surface area contributed by atoms with E-state index in [0.29, 0.717) is 6.61 Å².